The molecule has 0 aromatic heterocycles. The molecule has 0 heterocycles. The number of fused-ring (bicyclic) bond motifs is 1. The standard InChI is InChI=1S/C26H34F2O2/c1-3-17-7-9-18(10-8-17)19-11-12-22-20(13-19)5-4-6-23(22)26(29)30-21-14-24(27)16(2)25(28)15-21/h3,14-15,17-20,22-23H,1,4-13H2,2H3. The summed E-state index contributed by atoms with van der Waals surface area (Å²) in [5.74, 6) is 1.42. The predicted molar refractivity (Wildman–Crippen MR) is 114 cm³/mol. The largest absolute Gasteiger partial charge is 0.426 e. The zero-order valence-corrected chi connectivity index (χ0v) is 18.0. The summed E-state index contributed by atoms with van der Waals surface area (Å²) in [6.07, 6.45) is 13.9. The molecule has 0 N–H and O–H groups in total. The molecule has 30 heavy (non-hydrogen) atoms. The minimum Gasteiger partial charge on any atom is -0.426 e. The van der Waals surface area contributed by atoms with Crippen LogP contribution in [0.4, 0.5) is 8.78 Å². The Balaban J connectivity index is 1.38. The van der Waals surface area contributed by atoms with Crippen LogP contribution in [0, 0.1) is 54.1 Å². The van der Waals surface area contributed by atoms with Crippen molar-refractivity contribution in [3.05, 3.63) is 42.0 Å². The van der Waals surface area contributed by atoms with E-state index >= 15 is 0 Å². The van der Waals surface area contributed by atoms with E-state index in [1.165, 1.54) is 51.9 Å². The predicted octanol–water partition coefficient (Wildman–Crippen LogP) is 7.00. The molecule has 0 amide bonds. The molecule has 164 valence electrons. The smallest absolute Gasteiger partial charge is 0.314 e. The lowest BCUT2D eigenvalue weighted by Crippen LogP contribution is -2.40. The fourth-order valence-electron chi connectivity index (χ4n) is 6.45. The lowest BCUT2D eigenvalue weighted by Gasteiger charge is -2.45. The molecule has 0 bridgehead atoms. The second-order valence-corrected chi connectivity index (χ2v) is 9.88. The number of halogens is 2. The van der Waals surface area contributed by atoms with E-state index in [1.54, 1.807) is 0 Å². The molecule has 0 spiro atoms. The van der Waals surface area contributed by atoms with Crippen LogP contribution in [0.3, 0.4) is 0 Å². The van der Waals surface area contributed by atoms with Crippen LogP contribution in [-0.2, 0) is 4.79 Å². The molecule has 3 aliphatic carbocycles. The van der Waals surface area contributed by atoms with Gasteiger partial charge in [0.25, 0.3) is 0 Å². The Kier molecular flexibility index (Phi) is 6.60. The summed E-state index contributed by atoms with van der Waals surface area (Å²) in [5.41, 5.74) is -0.0482. The first kappa shape index (κ1) is 21.5. The van der Waals surface area contributed by atoms with Crippen molar-refractivity contribution in [1.82, 2.24) is 0 Å². The molecular weight excluding hydrogens is 382 g/mol. The molecule has 4 heteroatoms. The molecule has 0 radical (unpaired) electrons. The maximum atomic E-state index is 13.8. The normalized spacial score (nSPS) is 34.1. The number of benzene rings is 1. The van der Waals surface area contributed by atoms with Gasteiger partial charge in [0.05, 0.1) is 5.92 Å². The Labute approximate surface area is 179 Å². The lowest BCUT2D eigenvalue weighted by molar-refractivity contribution is -0.144. The fraction of sp³-hybridized carbons (Fsp3) is 0.654. The summed E-state index contributed by atoms with van der Waals surface area (Å²) in [6, 6.07) is 2.24. The van der Waals surface area contributed by atoms with Crippen molar-refractivity contribution < 1.29 is 18.3 Å². The number of ether oxygens (including phenoxy) is 1. The number of rotatable bonds is 4. The third-order valence-electron chi connectivity index (χ3n) is 8.28. The van der Waals surface area contributed by atoms with Gasteiger partial charge < -0.3 is 4.74 Å². The second kappa shape index (κ2) is 9.20. The van der Waals surface area contributed by atoms with Crippen LogP contribution in [0.25, 0.3) is 0 Å². The van der Waals surface area contributed by atoms with E-state index in [1.807, 2.05) is 0 Å². The van der Waals surface area contributed by atoms with E-state index in [-0.39, 0.29) is 23.2 Å². The summed E-state index contributed by atoms with van der Waals surface area (Å²) in [4.78, 5) is 12.9. The summed E-state index contributed by atoms with van der Waals surface area (Å²) in [6.45, 7) is 5.34. The first-order chi connectivity index (χ1) is 14.5. The van der Waals surface area contributed by atoms with E-state index in [9.17, 15) is 13.6 Å². The van der Waals surface area contributed by atoms with Crippen molar-refractivity contribution in [2.45, 2.75) is 71.1 Å². The number of esters is 1. The zero-order chi connectivity index (χ0) is 21.3. The lowest BCUT2D eigenvalue weighted by atomic mass is 9.59. The molecule has 4 unspecified atom stereocenters. The average Bonchev–Trinajstić information content (AvgIpc) is 2.76. The Morgan fingerprint density at radius 3 is 2.30 bits per heavy atom. The van der Waals surface area contributed by atoms with Crippen molar-refractivity contribution in [3.8, 4) is 5.75 Å². The second-order valence-electron chi connectivity index (χ2n) is 9.88. The highest BCUT2D eigenvalue weighted by atomic mass is 19.1. The number of hydrogen-bond acceptors (Lipinski definition) is 2. The molecule has 0 saturated heterocycles. The van der Waals surface area contributed by atoms with Gasteiger partial charge in [-0.25, -0.2) is 8.78 Å². The highest BCUT2D eigenvalue weighted by molar-refractivity contribution is 5.75. The van der Waals surface area contributed by atoms with E-state index < -0.39 is 11.6 Å². The Morgan fingerprint density at radius 1 is 0.967 bits per heavy atom. The van der Waals surface area contributed by atoms with Gasteiger partial charge in [-0.1, -0.05) is 18.9 Å². The fourth-order valence-corrected chi connectivity index (χ4v) is 6.45. The molecule has 4 atom stereocenters. The highest BCUT2D eigenvalue weighted by Gasteiger charge is 2.43. The Bertz CT molecular complexity index is 758. The first-order valence-electron chi connectivity index (χ1n) is 11.8. The van der Waals surface area contributed by atoms with Gasteiger partial charge in [-0.3, -0.25) is 4.79 Å². The van der Waals surface area contributed by atoms with E-state index in [0.29, 0.717) is 17.8 Å². The van der Waals surface area contributed by atoms with Gasteiger partial charge in [-0.05, 0) is 87.9 Å². The van der Waals surface area contributed by atoms with Gasteiger partial charge in [-0.2, -0.15) is 0 Å². The van der Waals surface area contributed by atoms with Crippen molar-refractivity contribution >= 4 is 5.97 Å². The van der Waals surface area contributed by atoms with Crippen molar-refractivity contribution in [2.75, 3.05) is 0 Å². The molecule has 3 saturated carbocycles. The van der Waals surface area contributed by atoms with Crippen LogP contribution in [0.2, 0.25) is 0 Å². The summed E-state index contributed by atoms with van der Waals surface area (Å²) in [7, 11) is 0. The van der Waals surface area contributed by atoms with Crippen LogP contribution in [0.1, 0.15) is 69.8 Å². The summed E-state index contributed by atoms with van der Waals surface area (Å²) in [5, 5.41) is 0. The molecule has 2 nitrogen and oxygen atoms in total. The van der Waals surface area contributed by atoms with Crippen molar-refractivity contribution in [1.29, 1.82) is 0 Å². The van der Waals surface area contributed by atoms with E-state index in [4.69, 9.17) is 4.74 Å². The van der Waals surface area contributed by atoms with Crippen LogP contribution in [-0.4, -0.2) is 5.97 Å². The number of hydrogen-bond donors (Lipinski definition) is 0. The van der Waals surface area contributed by atoms with Crippen LogP contribution in [0.5, 0.6) is 5.75 Å². The maximum Gasteiger partial charge on any atom is 0.314 e. The highest BCUT2D eigenvalue weighted by Crippen LogP contribution is 2.50. The van der Waals surface area contributed by atoms with Crippen molar-refractivity contribution in [3.63, 3.8) is 0 Å². The van der Waals surface area contributed by atoms with Crippen LogP contribution < -0.4 is 4.74 Å². The molecule has 0 aliphatic heterocycles. The molecule has 3 fully saturated rings. The molecule has 1 aromatic rings. The number of allylic oxidation sites excluding steroid dienone is 1. The quantitative estimate of drug-likeness (QED) is 0.300. The maximum absolute atomic E-state index is 13.8. The Morgan fingerprint density at radius 2 is 1.63 bits per heavy atom. The van der Waals surface area contributed by atoms with Gasteiger partial charge >= 0.3 is 5.97 Å². The van der Waals surface area contributed by atoms with Gasteiger partial charge in [0, 0.05) is 17.7 Å². The topological polar surface area (TPSA) is 26.3 Å². The zero-order valence-electron chi connectivity index (χ0n) is 18.0. The SMILES string of the molecule is C=CC1CCC(C2CCC3C(CCCC3C(=O)Oc3cc(F)c(C)c(F)c3)C2)CC1. The van der Waals surface area contributed by atoms with Gasteiger partial charge in [0.15, 0.2) is 0 Å². The third kappa shape index (κ3) is 4.48. The van der Waals surface area contributed by atoms with E-state index in [2.05, 4.69) is 12.7 Å². The average molecular weight is 417 g/mol. The molecular formula is C26H34F2O2. The third-order valence-corrected chi connectivity index (χ3v) is 8.28. The summed E-state index contributed by atoms with van der Waals surface area (Å²) < 4.78 is 33.1. The van der Waals surface area contributed by atoms with Gasteiger partial charge in [-0.15, -0.1) is 6.58 Å². The van der Waals surface area contributed by atoms with Gasteiger partial charge in [0.1, 0.15) is 17.4 Å². The minimum atomic E-state index is -0.675. The van der Waals surface area contributed by atoms with Crippen LogP contribution in [0.15, 0.2) is 24.8 Å². The van der Waals surface area contributed by atoms with Crippen molar-refractivity contribution in [2.24, 2.45) is 35.5 Å². The number of carbonyl (C=O) groups excluding carboxylic acids is 1. The Hall–Kier alpha value is -1.71. The molecule has 1 aromatic carbocycles. The van der Waals surface area contributed by atoms with E-state index in [0.717, 1.165) is 43.2 Å². The molecule has 4 rings (SSSR count). The first-order valence-corrected chi connectivity index (χ1v) is 11.8. The molecule has 3 aliphatic rings. The minimum absolute atomic E-state index is 0.0182. The summed E-state index contributed by atoms with van der Waals surface area (Å²) >= 11 is 0. The monoisotopic (exact) mass is 416 g/mol. The van der Waals surface area contributed by atoms with Gasteiger partial charge in [0.2, 0.25) is 0 Å². The number of carbonyl (C=O) groups is 1. The van der Waals surface area contributed by atoms with Crippen LogP contribution >= 0.6 is 0 Å².